The third-order valence-electron chi connectivity index (χ3n) is 3.00. The Morgan fingerprint density at radius 3 is 2.89 bits per heavy atom. The van der Waals surface area contributed by atoms with Crippen LogP contribution in [0.2, 0.25) is 0 Å². The van der Waals surface area contributed by atoms with Crippen molar-refractivity contribution in [3.05, 3.63) is 34.1 Å². The van der Waals surface area contributed by atoms with Crippen molar-refractivity contribution in [2.45, 2.75) is 18.9 Å². The molecule has 0 saturated carbocycles. The van der Waals surface area contributed by atoms with Crippen molar-refractivity contribution in [2.24, 2.45) is 0 Å². The number of para-hydroxylation sites is 1. The number of anilines is 1. The third kappa shape index (κ3) is 1.99. The minimum atomic E-state index is -1.05. The van der Waals surface area contributed by atoms with Crippen LogP contribution in [0.4, 0.5) is 15.8 Å². The SMILES string of the molecule is O=C(O)C1CCCN1c1cccc(F)c1[N+](=O)[O-]. The molecule has 1 N–H and O–H groups in total. The van der Waals surface area contributed by atoms with Gasteiger partial charge < -0.3 is 10.0 Å². The van der Waals surface area contributed by atoms with Crippen molar-refractivity contribution >= 4 is 17.3 Å². The molecule has 1 heterocycles. The minimum absolute atomic E-state index is 0.0323. The first-order valence-corrected chi connectivity index (χ1v) is 5.44. The summed E-state index contributed by atoms with van der Waals surface area (Å²) < 4.78 is 13.5. The molecule has 1 aliphatic heterocycles. The number of benzene rings is 1. The van der Waals surface area contributed by atoms with Crippen LogP contribution in [0, 0.1) is 15.9 Å². The van der Waals surface area contributed by atoms with E-state index < -0.39 is 28.4 Å². The Labute approximate surface area is 102 Å². The number of rotatable bonds is 3. The second-order valence-electron chi connectivity index (χ2n) is 4.05. The highest BCUT2D eigenvalue weighted by molar-refractivity contribution is 5.81. The maximum Gasteiger partial charge on any atom is 0.327 e. The molecule has 1 aromatic carbocycles. The predicted molar refractivity (Wildman–Crippen MR) is 61.1 cm³/mol. The third-order valence-corrected chi connectivity index (χ3v) is 3.00. The Hall–Kier alpha value is -2.18. The molecule has 2 rings (SSSR count). The van der Waals surface area contributed by atoms with E-state index >= 15 is 0 Å². The molecule has 0 aromatic heterocycles. The molecule has 0 aliphatic carbocycles. The quantitative estimate of drug-likeness (QED) is 0.656. The van der Waals surface area contributed by atoms with Crippen molar-refractivity contribution in [2.75, 3.05) is 11.4 Å². The normalized spacial score (nSPS) is 18.9. The summed E-state index contributed by atoms with van der Waals surface area (Å²) in [7, 11) is 0. The zero-order valence-electron chi connectivity index (χ0n) is 9.38. The second-order valence-corrected chi connectivity index (χ2v) is 4.05. The monoisotopic (exact) mass is 254 g/mol. The van der Waals surface area contributed by atoms with Crippen molar-refractivity contribution < 1.29 is 19.2 Å². The van der Waals surface area contributed by atoms with Crippen LogP contribution in [-0.2, 0) is 4.79 Å². The number of nitrogens with zero attached hydrogens (tertiary/aromatic N) is 2. The molecule has 0 amide bonds. The maximum absolute atomic E-state index is 13.5. The Balaban J connectivity index is 2.48. The topological polar surface area (TPSA) is 83.7 Å². The van der Waals surface area contributed by atoms with Gasteiger partial charge in [0.05, 0.1) is 4.92 Å². The van der Waals surface area contributed by atoms with Gasteiger partial charge in [0.1, 0.15) is 11.7 Å². The van der Waals surface area contributed by atoms with E-state index in [4.69, 9.17) is 5.11 Å². The molecule has 0 radical (unpaired) electrons. The number of carbonyl (C=O) groups is 1. The van der Waals surface area contributed by atoms with E-state index in [9.17, 15) is 19.3 Å². The molecule has 1 fully saturated rings. The van der Waals surface area contributed by atoms with Crippen LogP contribution in [0.25, 0.3) is 0 Å². The first kappa shape index (κ1) is 12.3. The Morgan fingerprint density at radius 2 is 2.28 bits per heavy atom. The van der Waals surface area contributed by atoms with Crippen LogP contribution in [0.15, 0.2) is 18.2 Å². The fraction of sp³-hybridized carbons (Fsp3) is 0.364. The number of carboxylic acid groups (broad SMARTS) is 1. The van der Waals surface area contributed by atoms with E-state index in [2.05, 4.69) is 0 Å². The highest BCUT2D eigenvalue weighted by Gasteiger charge is 2.35. The summed E-state index contributed by atoms with van der Waals surface area (Å²) in [5.74, 6) is -2.00. The molecule has 1 saturated heterocycles. The van der Waals surface area contributed by atoms with Gasteiger partial charge in [0.15, 0.2) is 0 Å². The van der Waals surface area contributed by atoms with Gasteiger partial charge in [0.2, 0.25) is 5.82 Å². The molecule has 1 atom stereocenters. The summed E-state index contributed by atoms with van der Waals surface area (Å²) in [4.78, 5) is 22.5. The van der Waals surface area contributed by atoms with Gasteiger partial charge in [-0.15, -0.1) is 0 Å². The van der Waals surface area contributed by atoms with Crippen LogP contribution in [0.3, 0.4) is 0 Å². The summed E-state index contributed by atoms with van der Waals surface area (Å²) in [6, 6.07) is 2.88. The molecular weight excluding hydrogens is 243 g/mol. The average molecular weight is 254 g/mol. The number of nitro benzene ring substituents is 1. The number of halogens is 1. The van der Waals surface area contributed by atoms with Gasteiger partial charge in [0.25, 0.3) is 0 Å². The van der Waals surface area contributed by atoms with Crippen molar-refractivity contribution in [3.8, 4) is 0 Å². The average Bonchev–Trinajstić information content (AvgIpc) is 2.76. The predicted octanol–water partition coefficient (Wildman–Crippen LogP) is 1.79. The largest absolute Gasteiger partial charge is 0.480 e. The lowest BCUT2D eigenvalue weighted by molar-refractivity contribution is -0.386. The van der Waals surface area contributed by atoms with Gasteiger partial charge in [-0.1, -0.05) is 6.07 Å². The standard InChI is InChI=1S/C11H11FN2O4/c12-7-3-1-4-8(10(7)14(17)18)13-6-2-5-9(13)11(15)16/h1,3-4,9H,2,5-6H2,(H,15,16). The lowest BCUT2D eigenvalue weighted by atomic mass is 10.2. The fourth-order valence-electron chi connectivity index (χ4n) is 2.23. The van der Waals surface area contributed by atoms with Crippen LogP contribution >= 0.6 is 0 Å². The molecule has 7 heteroatoms. The van der Waals surface area contributed by atoms with E-state index in [0.717, 1.165) is 6.07 Å². The van der Waals surface area contributed by atoms with Gasteiger partial charge in [0, 0.05) is 6.54 Å². The number of nitro groups is 1. The maximum atomic E-state index is 13.5. The van der Waals surface area contributed by atoms with E-state index in [1.165, 1.54) is 17.0 Å². The molecule has 6 nitrogen and oxygen atoms in total. The zero-order chi connectivity index (χ0) is 13.3. The summed E-state index contributed by atoms with van der Waals surface area (Å²) in [5.41, 5.74) is -0.629. The highest BCUT2D eigenvalue weighted by atomic mass is 19.1. The molecule has 1 unspecified atom stereocenters. The van der Waals surface area contributed by atoms with E-state index in [1.54, 1.807) is 0 Å². The van der Waals surface area contributed by atoms with Gasteiger partial charge in [-0.2, -0.15) is 4.39 Å². The van der Waals surface area contributed by atoms with Crippen LogP contribution in [0.1, 0.15) is 12.8 Å². The molecule has 1 aliphatic rings. The number of carboxylic acids is 1. The van der Waals surface area contributed by atoms with Gasteiger partial charge in [-0.3, -0.25) is 10.1 Å². The Bertz CT molecular complexity index is 506. The summed E-state index contributed by atoms with van der Waals surface area (Å²) in [5, 5.41) is 19.9. The molecule has 0 bridgehead atoms. The number of hydrogen-bond acceptors (Lipinski definition) is 4. The van der Waals surface area contributed by atoms with Gasteiger partial charge >= 0.3 is 11.7 Å². The molecule has 0 spiro atoms. The van der Waals surface area contributed by atoms with Crippen LogP contribution in [0.5, 0.6) is 0 Å². The number of hydrogen-bond donors (Lipinski definition) is 1. The van der Waals surface area contributed by atoms with Crippen molar-refractivity contribution in [1.82, 2.24) is 0 Å². The van der Waals surface area contributed by atoms with E-state index in [0.29, 0.717) is 19.4 Å². The smallest absolute Gasteiger partial charge is 0.327 e. The molecule has 1 aromatic rings. The Kier molecular flexibility index (Phi) is 3.14. The molecular formula is C11H11FN2O4. The van der Waals surface area contributed by atoms with E-state index in [1.807, 2.05) is 0 Å². The van der Waals surface area contributed by atoms with E-state index in [-0.39, 0.29) is 5.69 Å². The zero-order valence-corrected chi connectivity index (χ0v) is 9.38. The summed E-state index contributed by atoms with van der Waals surface area (Å²) >= 11 is 0. The fourth-order valence-corrected chi connectivity index (χ4v) is 2.23. The first-order chi connectivity index (χ1) is 8.52. The minimum Gasteiger partial charge on any atom is -0.480 e. The van der Waals surface area contributed by atoms with Gasteiger partial charge in [-0.25, -0.2) is 4.79 Å². The van der Waals surface area contributed by atoms with Gasteiger partial charge in [-0.05, 0) is 25.0 Å². The van der Waals surface area contributed by atoms with Crippen molar-refractivity contribution in [1.29, 1.82) is 0 Å². The lowest BCUT2D eigenvalue weighted by Crippen LogP contribution is -2.36. The van der Waals surface area contributed by atoms with Crippen LogP contribution < -0.4 is 4.90 Å². The summed E-state index contributed by atoms with van der Waals surface area (Å²) in [6.07, 6.45) is 1.02. The Morgan fingerprint density at radius 1 is 1.56 bits per heavy atom. The molecule has 96 valence electrons. The van der Waals surface area contributed by atoms with Crippen molar-refractivity contribution in [3.63, 3.8) is 0 Å². The highest BCUT2D eigenvalue weighted by Crippen LogP contribution is 2.35. The summed E-state index contributed by atoms with van der Waals surface area (Å²) in [6.45, 7) is 0.376. The lowest BCUT2D eigenvalue weighted by Gasteiger charge is -2.23. The number of aliphatic carboxylic acids is 1. The molecule has 18 heavy (non-hydrogen) atoms. The first-order valence-electron chi connectivity index (χ1n) is 5.44. The van der Waals surface area contributed by atoms with Crippen LogP contribution in [-0.4, -0.2) is 28.6 Å². The second kappa shape index (κ2) is 4.59.